The van der Waals surface area contributed by atoms with E-state index in [4.69, 9.17) is 4.74 Å². The molecule has 0 aromatic rings. The summed E-state index contributed by atoms with van der Waals surface area (Å²) in [6, 6.07) is 0. The van der Waals surface area contributed by atoms with E-state index in [9.17, 15) is 10.2 Å². The number of ether oxygens (including phenoxy) is 1. The van der Waals surface area contributed by atoms with E-state index in [1.165, 1.54) is 0 Å². The highest BCUT2D eigenvalue weighted by molar-refractivity contribution is 5.31. The molecule has 0 amide bonds. The third-order valence-corrected chi connectivity index (χ3v) is 4.98. The Morgan fingerprint density at radius 1 is 1.44 bits per heavy atom. The molecule has 0 saturated carbocycles. The fourth-order valence-corrected chi connectivity index (χ4v) is 4.14. The second-order valence-corrected chi connectivity index (χ2v) is 5.90. The summed E-state index contributed by atoms with van der Waals surface area (Å²) in [6.07, 6.45) is 4.45. The summed E-state index contributed by atoms with van der Waals surface area (Å²) < 4.78 is 6.06. The lowest BCUT2D eigenvalue weighted by Gasteiger charge is -2.50. The Bertz CT molecular complexity index is 351. The quantitative estimate of drug-likeness (QED) is 0.611. The number of hydrogen-bond donors (Lipinski definition) is 2. The van der Waals surface area contributed by atoms with Crippen LogP contribution in [0, 0.1) is 5.41 Å². The number of aliphatic hydroxyl groups is 2. The maximum absolute atomic E-state index is 10.4. The van der Waals surface area contributed by atoms with Crippen molar-refractivity contribution < 1.29 is 14.9 Å². The van der Waals surface area contributed by atoms with Crippen molar-refractivity contribution in [1.82, 2.24) is 0 Å². The minimum atomic E-state index is -0.567. The van der Waals surface area contributed by atoms with Crippen LogP contribution in [0.2, 0.25) is 0 Å². The lowest BCUT2D eigenvalue weighted by Crippen LogP contribution is -2.58. The van der Waals surface area contributed by atoms with Gasteiger partial charge in [-0.1, -0.05) is 13.0 Å². The molecule has 3 nitrogen and oxygen atoms in total. The number of allylic oxidation sites excluding steroid dienone is 1. The Hall–Kier alpha value is -0.380. The molecule has 0 aromatic carbocycles. The molecule has 90 valence electrons. The van der Waals surface area contributed by atoms with E-state index in [2.05, 4.69) is 19.9 Å². The predicted molar refractivity (Wildman–Crippen MR) is 59.9 cm³/mol. The molecule has 2 saturated heterocycles. The summed E-state index contributed by atoms with van der Waals surface area (Å²) >= 11 is 0. The largest absolute Gasteiger partial charge is 0.390 e. The summed E-state index contributed by atoms with van der Waals surface area (Å²) in [5.41, 5.74) is 0.630. The van der Waals surface area contributed by atoms with Gasteiger partial charge in [-0.3, -0.25) is 0 Å². The van der Waals surface area contributed by atoms with Gasteiger partial charge in [-0.05, 0) is 31.8 Å². The van der Waals surface area contributed by atoms with E-state index in [1.807, 2.05) is 0 Å². The Morgan fingerprint density at radius 3 is 2.94 bits per heavy atom. The zero-order valence-electron chi connectivity index (χ0n) is 9.94. The first-order valence-electron chi connectivity index (χ1n) is 6.21. The molecule has 3 heteroatoms. The molecule has 2 aliphatic heterocycles. The topological polar surface area (TPSA) is 49.7 Å². The van der Waals surface area contributed by atoms with Gasteiger partial charge in [-0.15, -0.1) is 0 Å². The summed E-state index contributed by atoms with van der Waals surface area (Å²) in [7, 11) is 0. The monoisotopic (exact) mass is 224 g/mol. The van der Waals surface area contributed by atoms with Gasteiger partial charge in [0.15, 0.2) is 0 Å². The fourth-order valence-electron chi connectivity index (χ4n) is 4.14. The molecule has 5 atom stereocenters. The molecule has 3 rings (SSSR count). The molecule has 0 aromatic heterocycles. The summed E-state index contributed by atoms with van der Waals surface area (Å²) in [6.45, 7) is 4.26. The van der Waals surface area contributed by atoms with Crippen molar-refractivity contribution in [2.75, 3.05) is 0 Å². The van der Waals surface area contributed by atoms with Crippen molar-refractivity contribution in [3.63, 3.8) is 0 Å². The van der Waals surface area contributed by atoms with Crippen LogP contribution in [0.15, 0.2) is 11.6 Å². The van der Waals surface area contributed by atoms with E-state index in [0.717, 1.165) is 24.8 Å². The van der Waals surface area contributed by atoms with Crippen LogP contribution in [-0.2, 0) is 4.74 Å². The molecule has 16 heavy (non-hydrogen) atoms. The second-order valence-electron chi connectivity index (χ2n) is 5.90. The molecule has 2 N–H and O–H groups in total. The number of fused-ring (bicyclic) bond motifs is 1. The molecule has 2 fully saturated rings. The first-order chi connectivity index (χ1) is 7.49. The Balaban J connectivity index is 2.12. The average molecular weight is 224 g/mol. The van der Waals surface area contributed by atoms with Gasteiger partial charge in [0, 0.05) is 11.8 Å². The highest BCUT2D eigenvalue weighted by Crippen LogP contribution is 2.60. The van der Waals surface area contributed by atoms with Gasteiger partial charge in [-0.25, -0.2) is 0 Å². The van der Waals surface area contributed by atoms with Gasteiger partial charge in [0.05, 0.1) is 18.3 Å². The maximum Gasteiger partial charge on any atom is 0.121 e. The summed E-state index contributed by atoms with van der Waals surface area (Å²) in [4.78, 5) is 0. The molecule has 3 aliphatic rings. The Morgan fingerprint density at radius 2 is 2.19 bits per heavy atom. The van der Waals surface area contributed by atoms with E-state index < -0.39 is 17.8 Å². The van der Waals surface area contributed by atoms with E-state index in [0.29, 0.717) is 6.42 Å². The lowest BCUT2D eigenvalue weighted by molar-refractivity contribution is -0.195. The van der Waals surface area contributed by atoms with Crippen molar-refractivity contribution in [1.29, 1.82) is 0 Å². The molecule has 2 bridgehead atoms. The highest BCUT2D eigenvalue weighted by atomic mass is 16.5. The molecule has 1 spiro atoms. The molecular formula is C13H20O3. The predicted octanol–water partition coefficient (Wildman–Crippen LogP) is 1.39. The Labute approximate surface area is 96.1 Å². The van der Waals surface area contributed by atoms with Crippen LogP contribution in [0.3, 0.4) is 0 Å². The lowest BCUT2D eigenvalue weighted by atomic mass is 9.62. The van der Waals surface area contributed by atoms with Gasteiger partial charge in [0.2, 0.25) is 0 Å². The number of aliphatic hydroxyl groups excluding tert-OH is 2. The van der Waals surface area contributed by atoms with Crippen molar-refractivity contribution in [2.24, 2.45) is 5.41 Å². The molecule has 0 unspecified atom stereocenters. The highest BCUT2D eigenvalue weighted by Gasteiger charge is 2.65. The van der Waals surface area contributed by atoms with Gasteiger partial charge in [-0.2, -0.15) is 0 Å². The van der Waals surface area contributed by atoms with Crippen molar-refractivity contribution in [2.45, 2.75) is 63.4 Å². The molecule has 1 aliphatic carbocycles. The van der Waals surface area contributed by atoms with Crippen LogP contribution in [0.25, 0.3) is 0 Å². The summed E-state index contributed by atoms with van der Waals surface area (Å²) in [5, 5.41) is 20.3. The summed E-state index contributed by atoms with van der Waals surface area (Å²) in [5.74, 6) is 0. The van der Waals surface area contributed by atoms with E-state index in [1.54, 1.807) is 0 Å². The van der Waals surface area contributed by atoms with Crippen molar-refractivity contribution in [3.05, 3.63) is 11.6 Å². The first kappa shape index (κ1) is 10.8. The van der Waals surface area contributed by atoms with E-state index in [-0.39, 0.29) is 11.5 Å². The van der Waals surface area contributed by atoms with Crippen LogP contribution in [0.5, 0.6) is 0 Å². The Kier molecular flexibility index (Phi) is 2.08. The second kappa shape index (κ2) is 3.09. The molecule has 2 heterocycles. The van der Waals surface area contributed by atoms with E-state index >= 15 is 0 Å². The van der Waals surface area contributed by atoms with Crippen LogP contribution in [-0.4, -0.2) is 34.1 Å². The average Bonchev–Trinajstić information content (AvgIpc) is 2.49. The van der Waals surface area contributed by atoms with Gasteiger partial charge in [0.25, 0.3) is 0 Å². The van der Waals surface area contributed by atoms with Gasteiger partial charge in [0.1, 0.15) is 5.60 Å². The number of rotatable bonds is 0. The van der Waals surface area contributed by atoms with Crippen molar-refractivity contribution in [3.8, 4) is 0 Å². The van der Waals surface area contributed by atoms with Gasteiger partial charge < -0.3 is 14.9 Å². The van der Waals surface area contributed by atoms with Crippen LogP contribution < -0.4 is 0 Å². The standard InChI is InChI=1S/C13H20O3/c1-8-4-3-5-12(2)7-10-9(14)6-11(15)13(8,12)16-10/h4,9-11,14-15H,3,5-7H2,1-2H3/t9-,10+,11-,12-,13+/m0/s1. The molecule has 0 radical (unpaired) electrons. The maximum atomic E-state index is 10.4. The third kappa shape index (κ3) is 1.04. The zero-order valence-corrected chi connectivity index (χ0v) is 9.94. The molecular weight excluding hydrogens is 204 g/mol. The zero-order chi connectivity index (χ0) is 11.6. The normalized spacial score (nSPS) is 55.8. The van der Waals surface area contributed by atoms with Crippen molar-refractivity contribution >= 4 is 0 Å². The SMILES string of the molecule is CC1=CCC[C@@]2(C)C[C@H]3O[C@@]12[C@@H](O)C[C@@H]3O. The third-order valence-electron chi connectivity index (χ3n) is 4.98. The van der Waals surface area contributed by atoms with Gasteiger partial charge >= 0.3 is 0 Å². The first-order valence-corrected chi connectivity index (χ1v) is 6.21. The smallest absolute Gasteiger partial charge is 0.121 e. The minimum Gasteiger partial charge on any atom is -0.390 e. The minimum absolute atomic E-state index is 0.00655. The van der Waals surface area contributed by atoms with Crippen LogP contribution >= 0.6 is 0 Å². The van der Waals surface area contributed by atoms with Crippen LogP contribution in [0.4, 0.5) is 0 Å². The van der Waals surface area contributed by atoms with Crippen LogP contribution in [0.1, 0.15) is 39.5 Å². The number of hydrogen-bond acceptors (Lipinski definition) is 3. The fraction of sp³-hybridized carbons (Fsp3) is 0.846.